The van der Waals surface area contributed by atoms with Gasteiger partial charge in [-0.25, -0.2) is 4.98 Å². The second-order valence-corrected chi connectivity index (χ2v) is 7.37. The average molecular weight is 394 g/mol. The minimum Gasteiger partial charge on any atom is -0.363 e. The minimum absolute atomic E-state index is 0.632. The van der Waals surface area contributed by atoms with Gasteiger partial charge in [0.1, 0.15) is 0 Å². The summed E-state index contributed by atoms with van der Waals surface area (Å²) in [5, 5.41) is 13.3. The van der Waals surface area contributed by atoms with Crippen LogP contribution in [0.15, 0.2) is 70.8 Å². The Balaban J connectivity index is 1.76. The number of nitrogens with zero attached hydrogens (tertiary/aromatic N) is 3. The van der Waals surface area contributed by atoms with Crippen LogP contribution < -0.4 is 5.32 Å². The fourth-order valence-electron chi connectivity index (χ4n) is 2.55. The van der Waals surface area contributed by atoms with E-state index < -0.39 is 0 Å². The molecule has 136 valence electrons. The van der Waals surface area contributed by atoms with Crippen molar-refractivity contribution in [2.75, 3.05) is 18.6 Å². The van der Waals surface area contributed by atoms with E-state index in [4.69, 9.17) is 10.2 Å². The van der Waals surface area contributed by atoms with Crippen LogP contribution in [0.5, 0.6) is 0 Å². The Morgan fingerprint density at radius 3 is 2.41 bits per heavy atom. The van der Waals surface area contributed by atoms with Crippen LogP contribution >= 0.6 is 23.5 Å². The number of hydrogen-bond acceptors (Lipinski definition) is 5. The van der Waals surface area contributed by atoms with Gasteiger partial charge in [-0.3, -0.25) is 0 Å². The molecule has 0 saturated heterocycles. The molecule has 0 aliphatic carbocycles. The fourth-order valence-corrected chi connectivity index (χ4v) is 3.65. The summed E-state index contributed by atoms with van der Waals surface area (Å²) in [5.74, 6) is 0.807. The zero-order chi connectivity index (χ0) is 18.9. The molecule has 27 heavy (non-hydrogen) atoms. The first-order chi connectivity index (χ1) is 13.3. The largest absolute Gasteiger partial charge is 0.363 e. The molecule has 0 saturated carbocycles. The molecule has 0 aliphatic rings. The molecule has 3 rings (SSSR count). The maximum atomic E-state index is 8.64. The van der Waals surface area contributed by atoms with Gasteiger partial charge in [-0.05, 0) is 6.26 Å². The Kier molecular flexibility index (Phi) is 6.97. The van der Waals surface area contributed by atoms with Crippen LogP contribution in [0.2, 0.25) is 0 Å². The predicted octanol–water partition coefficient (Wildman–Crippen LogP) is 4.63. The molecule has 0 aliphatic heterocycles. The lowest BCUT2D eigenvalue weighted by atomic mass is 10.1. The number of amidine groups is 1. The van der Waals surface area contributed by atoms with E-state index in [1.807, 2.05) is 42.7 Å². The maximum Gasteiger partial charge on any atom is 0.208 e. The summed E-state index contributed by atoms with van der Waals surface area (Å²) in [6.45, 7) is 0.702. The number of aromatic amines is 1. The molecule has 0 unspecified atom stereocenters. The zero-order valence-corrected chi connectivity index (χ0v) is 16.5. The van der Waals surface area contributed by atoms with Crippen LogP contribution in [-0.2, 0) is 0 Å². The standard InChI is InChI=1S/C20H19N5S2/c1-26-19(23-14-21)22-12-13-27-20-24-17(15-8-4-2-5-9-15)18(25-20)16-10-6-3-7-11-16/h2-11H,12-13H2,1H3,(H,22,23)(H,24,25). The van der Waals surface area contributed by atoms with Crippen molar-refractivity contribution >= 4 is 28.7 Å². The molecule has 1 heterocycles. The fraction of sp³-hybridized carbons (Fsp3) is 0.150. The van der Waals surface area contributed by atoms with Gasteiger partial charge in [0.05, 0.1) is 11.4 Å². The number of imidazole rings is 1. The summed E-state index contributed by atoms with van der Waals surface area (Å²) in [6, 6.07) is 20.4. The monoisotopic (exact) mass is 393 g/mol. The maximum absolute atomic E-state index is 8.64. The van der Waals surface area contributed by atoms with Crippen molar-refractivity contribution in [2.45, 2.75) is 5.16 Å². The number of benzene rings is 2. The highest BCUT2D eigenvalue weighted by atomic mass is 32.2. The molecule has 0 amide bonds. The van der Waals surface area contributed by atoms with Crippen molar-refractivity contribution in [1.82, 2.24) is 15.3 Å². The molecule has 0 spiro atoms. The summed E-state index contributed by atoms with van der Waals surface area (Å²) >= 11 is 3.06. The summed E-state index contributed by atoms with van der Waals surface area (Å²) in [7, 11) is 0. The van der Waals surface area contributed by atoms with E-state index in [1.165, 1.54) is 11.8 Å². The van der Waals surface area contributed by atoms with Crippen LogP contribution in [0, 0.1) is 11.5 Å². The quantitative estimate of drug-likeness (QED) is 0.210. The SMILES string of the molecule is CSC(=NC#N)NCCSc1nc(-c2ccccc2)c(-c2ccccc2)[nH]1. The van der Waals surface area contributed by atoms with Crippen LogP contribution in [-0.4, -0.2) is 33.7 Å². The van der Waals surface area contributed by atoms with E-state index in [1.54, 1.807) is 18.0 Å². The summed E-state index contributed by atoms with van der Waals surface area (Å²) in [5.41, 5.74) is 4.17. The second kappa shape index (κ2) is 9.86. The van der Waals surface area contributed by atoms with Gasteiger partial charge < -0.3 is 10.3 Å². The van der Waals surface area contributed by atoms with Crippen molar-refractivity contribution < 1.29 is 0 Å². The van der Waals surface area contributed by atoms with E-state index in [2.05, 4.69) is 39.6 Å². The first kappa shape index (κ1) is 19.1. The summed E-state index contributed by atoms with van der Waals surface area (Å²) in [6.07, 6.45) is 3.69. The first-order valence-electron chi connectivity index (χ1n) is 8.40. The third kappa shape index (κ3) is 5.16. The molecule has 2 aromatic carbocycles. The van der Waals surface area contributed by atoms with Gasteiger partial charge in [-0.1, -0.05) is 84.2 Å². The van der Waals surface area contributed by atoms with Crippen LogP contribution in [0.25, 0.3) is 22.5 Å². The number of aromatic nitrogens is 2. The molecular formula is C20H19N5S2. The summed E-state index contributed by atoms with van der Waals surface area (Å²) in [4.78, 5) is 12.0. The molecule has 3 aromatic rings. The highest BCUT2D eigenvalue weighted by Crippen LogP contribution is 2.32. The topological polar surface area (TPSA) is 76.9 Å². The van der Waals surface area contributed by atoms with E-state index in [0.717, 1.165) is 33.4 Å². The molecule has 1 aromatic heterocycles. The average Bonchev–Trinajstić information content (AvgIpc) is 3.16. The van der Waals surface area contributed by atoms with Gasteiger partial charge in [0.25, 0.3) is 0 Å². The molecule has 2 N–H and O–H groups in total. The normalized spacial score (nSPS) is 11.2. The van der Waals surface area contributed by atoms with Crippen molar-refractivity contribution in [2.24, 2.45) is 4.99 Å². The minimum atomic E-state index is 0.632. The lowest BCUT2D eigenvalue weighted by molar-refractivity contribution is 0.981. The Morgan fingerprint density at radius 1 is 1.11 bits per heavy atom. The lowest BCUT2D eigenvalue weighted by Gasteiger charge is -2.04. The van der Waals surface area contributed by atoms with Crippen molar-refractivity contribution in [3.8, 4) is 28.7 Å². The first-order valence-corrected chi connectivity index (χ1v) is 10.6. The number of thioether (sulfide) groups is 2. The number of hydrogen-bond donors (Lipinski definition) is 2. The Bertz CT molecular complexity index is 873. The molecule has 0 atom stereocenters. The molecular weight excluding hydrogens is 374 g/mol. The van der Waals surface area contributed by atoms with Crippen molar-refractivity contribution in [1.29, 1.82) is 5.26 Å². The Labute approximate surface area is 167 Å². The number of aliphatic imine (C=N–C) groups is 1. The highest BCUT2D eigenvalue weighted by Gasteiger charge is 2.14. The smallest absolute Gasteiger partial charge is 0.208 e. The van der Waals surface area contributed by atoms with E-state index in [9.17, 15) is 0 Å². The number of H-pyrrole nitrogens is 1. The van der Waals surface area contributed by atoms with Gasteiger partial charge in [-0.15, -0.1) is 4.99 Å². The highest BCUT2D eigenvalue weighted by molar-refractivity contribution is 8.13. The molecule has 5 nitrogen and oxygen atoms in total. The second-order valence-electron chi connectivity index (χ2n) is 5.49. The van der Waals surface area contributed by atoms with Gasteiger partial charge >= 0.3 is 0 Å². The lowest BCUT2D eigenvalue weighted by Crippen LogP contribution is -2.22. The van der Waals surface area contributed by atoms with Crippen LogP contribution in [0.3, 0.4) is 0 Å². The van der Waals surface area contributed by atoms with Gasteiger partial charge in [0.2, 0.25) is 6.19 Å². The number of nitrogens with one attached hydrogen (secondary N) is 2. The van der Waals surface area contributed by atoms with Crippen LogP contribution in [0.1, 0.15) is 0 Å². The molecule has 7 heteroatoms. The van der Waals surface area contributed by atoms with E-state index >= 15 is 0 Å². The molecule has 0 radical (unpaired) electrons. The van der Waals surface area contributed by atoms with E-state index in [-0.39, 0.29) is 0 Å². The third-order valence-corrected chi connectivity index (χ3v) is 5.25. The number of nitriles is 1. The molecule has 0 bridgehead atoms. The summed E-state index contributed by atoms with van der Waals surface area (Å²) < 4.78 is 0. The van der Waals surface area contributed by atoms with Gasteiger partial charge in [-0.2, -0.15) is 5.26 Å². The van der Waals surface area contributed by atoms with Crippen molar-refractivity contribution in [3.05, 3.63) is 60.7 Å². The predicted molar refractivity (Wildman–Crippen MR) is 115 cm³/mol. The Morgan fingerprint density at radius 2 is 1.78 bits per heavy atom. The van der Waals surface area contributed by atoms with Crippen molar-refractivity contribution in [3.63, 3.8) is 0 Å². The number of rotatable bonds is 6. The van der Waals surface area contributed by atoms with Crippen LogP contribution in [0.4, 0.5) is 0 Å². The third-order valence-electron chi connectivity index (χ3n) is 3.75. The Hall–Kier alpha value is -2.69. The van der Waals surface area contributed by atoms with Gasteiger partial charge in [0.15, 0.2) is 10.3 Å². The zero-order valence-electron chi connectivity index (χ0n) is 14.8. The molecule has 0 fully saturated rings. The van der Waals surface area contributed by atoms with E-state index in [0.29, 0.717) is 11.7 Å². The van der Waals surface area contributed by atoms with Gasteiger partial charge in [0, 0.05) is 23.4 Å².